The molecule has 0 aliphatic heterocycles. The third-order valence-electron chi connectivity index (χ3n) is 13.5. The fourth-order valence-electron chi connectivity index (χ4n) is 10.2. The first-order valence-corrected chi connectivity index (χ1v) is 22.6. The van der Waals surface area contributed by atoms with Crippen LogP contribution in [0.2, 0.25) is 0 Å². The van der Waals surface area contributed by atoms with Crippen molar-refractivity contribution < 1.29 is 30.6 Å². The number of furan rings is 1. The second-order valence-electron chi connectivity index (χ2n) is 19.8. The van der Waals surface area contributed by atoms with Crippen LogP contribution in [0.4, 0.5) is 0 Å². The maximum absolute atomic E-state index is 12.3. The number of fused-ring (bicyclic) bond motifs is 7. The molecule has 11 rings (SSSR count). The number of phenolic OH excluding ortho intramolecular Hbond substituents is 1. The van der Waals surface area contributed by atoms with Gasteiger partial charge in [-0.15, -0.1) is 17.7 Å². The van der Waals surface area contributed by atoms with Gasteiger partial charge in [0.15, 0.2) is 0 Å². The molecule has 1 aliphatic rings. The first-order chi connectivity index (χ1) is 30.4. The van der Waals surface area contributed by atoms with E-state index in [1.807, 2.05) is 36.5 Å². The molecular formula is C58H52N3O2Pt-. The van der Waals surface area contributed by atoms with Gasteiger partial charge in [-0.25, -0.2) is 4.98 Å². The monoisotopic (exact) mass is 1020 g/mol. The summed E-state index contributed by atoms with van der Waals surface area (Å²) in [5.74, 6) is 1.35. The first-order valence-electron chi connectivity index (χ1n) is 22.6. The van der Waals surface area contributed by atoms with Crippen LogP contribution in [-0.2, 0) is 31.9 Å². The van der Waals surface area contributed by atoms with Crippen molar-refractivity contribution in [1.29, 1.82) is 0 Å². The number of hydrogen-bond acceptors (Lipinski definition) is 4. The van der Waals surface area contributed by atoms with Gasteiger partial charge in [0.05, 0.1) is 22.3 Å². The van der Waals surface area contributed by atoms with E-state index in [9.17, 15) is 5.11 Å². The standard InChI is InChI=1S/C58H52N3O2.Pt/c1-57(2,3)40-24-25-49(47(32-40)58(4,5)6)61-50-22-14-21-43(44-30-39(29-38-18-11-12-19-41(38)44)48-31-37(27-28-59-48)35-15-8-7-9-16-35)55(50)60-56(61)45-34-53-46(33-51(45)62)54-42-20-13-10-17-36(42)23-26-52(54)63-53;/h10-14,17-29,31-35,62H,7-9,15-16H2,1-6H3;/q-1;. The fourth-order valence-corrected chi connectivity index (χ4v) is 10.2. The summed E-state index contributed by atoms with van der Waals surface area (Å²) >= 11 is 0. The molecule has 1 N–H and O–H groups in total. The van der Waals surface area contributed by atoms with E-state index in [2.05, 4.69) is 149 Å². The second kappa shape index (κ2) is 15.9. The number of nitrogens with zero attached hydrogens (tertiary/aromatic N) is 3. The van der Waals surface area contributed by atoms with E-state index in [0.717, 1.165) is 77.0 Å². The minimum atomic E-state index is -0.217. The Labute approximate surface area is 389 Å². The minimum Gasteiger partial charge on any atom is -0.507 e. The zero-order valence-electron chi connectivity index (χ0n) is 37.3. The van der Waals surface area contributed by atoms with Crippen LogP contribution in [0.15, 0.2) is 138 Å². The maximum atomic E-state index is 12.3. The van der Waals surface area contributed by atoms with E-state index >= 15 is 0 Å². The Bertz CT molecular complexity index is 3430. The number of aromatic nitrogens is 3. The molecule has 0 radical (unpaired) electrons. The molecule has 64 heavy (non-hydrogen) atoms. The van der Waals surface area contributed by atoms with E-state index in [1.165, 1.54) is 48.8 Å². The summed E-state index contributed by atoms with van der Waals surface area (Å²) in [5, 5.41) is 18.6. The van der Waals surface area contributed by atoms with Crippen LogP contribution in [0.3, 0.4) is 0 Å². The first kappa shape index (κ1) is 41.9. The number of hydrogen-bond donors (Lipinski definition) is 1. The predicted octanol–water partition coefficient (Wildman–Crippen LogP) is 15.8. The Kier molecular flexibility index (Phi) is 10.4. The third kappa shape index (κ3) is 7.13. The molecule has 0 unspecified atom stereocenters. The minimum absolute atomic E-state index is 0. The van der Waals surface area contributed by atoms with Gasteiger partial charge in [-0.1, -0.05) is 168 Å². The summed E-state index contributed by atoms with van der Waals surface area (Å²) in [6, 6.07) is 48.8. The number of aromatic hydroxyl groups is 1. The number of phenols is 1. The molecule has 0 amide bonds. The molecule has 6 heteroatoms. The molecule has 0 saturated heterocycles. The molecule has 1 saturated carbocycles. The quantitative estimate of drug-likeness (QED) is 0.175. The van der Waals surface area contributed by atoms with Crippen LogP contribution < -0.4 is 0 Å². The van der Waals surface area contributed by atoms with Crippen molar-refractivity contribution in [1.82, 2.24) is 14.5 Å². The number of imidazole rings is 1. The van der Waals surface area contributed by atoms with Gasteiger partial charge >= 0.3 is 0 Å². The normalized spacial score (nSPS) is 14.0. The van der Waals surface area contributed by atoms with Crippen LogP contribution in [0, 0.1) is 6.07 Å². The molecule has 3 aromatic heterocycles. The van der Waals surface area contributed by atoms with Crippen LogP contribution >= 0.6 is 0 Å². The van der Waals surface area contributed by atoms with Gasteiger partial charge in [0.2, 0.25) is 0 Å². The van der Waals surface area contributed by atoms with Crippen molar-refractivity contribution >= 4 is 54.5 Å². The Balaban J connectivity index is 0.00000484. The van der Waals surface area contributed by atoms with Crippen molar-refractivity contribution in [3.8, 4) is 45.2 Å². The SMILES string of the molecule is CC(C)(C)c1ccc(-n2c(-c3cc4oc5ccc6ccccc6c5c4cc3O)nc3c(-c4[c-]c(-c5cc(C6CCCCC6)ccn5)cc5ccccc45)cccc32)c(C(C)(C)C)c1.[Pt]. The van der Waals surface area contributed by atoms with Gasteiger partial charge < -0.3 is 9.52 Å². The van der Waals surface area contributed by atoms with Crippen molar-refractivity contribution in [2.24, 2.45) is 0 Å². The number of para-hydroxylation sites is 1. The fraction of sp³-hybridized carbons (Fsp3) is 0.241. The summed E-state index contributed by atoms with van der Waals surface area (Å²) in [5.41, 5.74) is 12.3. The van der Waals surface area contributed by atoms with Gasteiger partial charge in [-0.05, 0) is 93.5 Å². The number of benzene rings is 7. The van der Waals surface area contributed by atoms with E-state index in [1.54, 1.807) is 0 Å². The Hall–Kier alpha value is -6.03. The van der Waals surface area contributed by atoms with E-state index in [-0.39, 0.29) is 37.6 Å². The van der Waals surface area contributed by atoms with E-state index < -0.39 is 0 Å². The molecule has 3 heterocycles. The van der Waals surface area contributed by atoms with Gasteiger partial charge in [0.1, 0.15) is 22.7 Å². The van der Waals surface area contributed by atoms with Gasteiger partial charge in [-0.2, -0.15) is 0 Å². The predicted molar refractivity (Wildman–Crippen MR) is 261 cm³/mol. The summed E-state index contributed by atoms with van der Waals surface area (Å²) in [6.07, 6.45) is 8.33. The van der Waals surface area contributed by atoms with Crippen molar-refractivity contribution in [2.75, 3.05) is 0 Å². The Morgan fingerprint density at radius 1 is 0.672 bits per heavy atom. The summed E-state index contributed by atoms with van der Waals surface area (Å²) < 4.78 is 8.87. The van der Waals surface area contributed by atoms with Crippen LogP contribution in [0.25, 0.3) is 94.0 Å². The van der Waals surface area contributed by atoms with E-state index in [4.69, 9.17) is 14.4 Å². The molecule has 0 atom stereocenters. The van der Waals surface area contributed by atoms with Crippen LogP contribution in [0.1, 0.15) is 96.3 Å². The zero-order chi connectivity index (χ0) is 43.2. The Morgan fingerprint density at radius 3 is 2.22 bits per heavy atom. The van der Waals surface area contributed by atoms with Crippen LogP contribution in [0.5, 0.6) is 5.75 Å². The zero-order valence-corrected chi connectivity index (χ0v) is 39.6. The molecule has 7 aromatic carbocycles. The average Bonchev–Trinajstić information content (AvgIpc) is 3.86. The van der Waals surface area contributed by atoms with Crippen molar-refractivity contribution in [3.63, 3.8) is 0 Å². The number of pyridine rings is 1. The second-order valence-corrected chi connectivity index (χ2v) is 19.8. The third-order valence-corrected chi connectivity index (χ3v) is 13.5. The molecule has 5 nitrogen and oxygen atoms in total. The molecule has 1 fully saturated rings. The maximum Gasteiger partial charge on any atom is 0.148 e. The largest absolute Gasteiger partial charge is 0.507 e. The Morgan fingerprint density at radius 2 is 1.44 bits per heavy atom. The molecule has 10 aromatic rings. The topological polar surface area (TPSA) is 64.1 Å². The molecule has 0 bridgehead atoms. The van der Waals surface area contributed by atoms with Crippen molar-refractivity contribution in [2.45, 2.75) is 90.4 Å². The van der Waals surface area contributed by atoms with Gasteiger partial charge in [0.25, 0.3) is 0 Å². The molecular weight excluding hydrogens is 966 g/mol. The molecule has 1 aliphatic carbocycles. The van der Waals surface area contributed by atoms with Crippen molar-refractivity contribution in [3.05, 3.63) is 156 Å². The summed E-state index contributed by atoms with van der Waals surface area (Å²) in [6.45, 7) is 13.6. The summed E-state index contributed by atoms with van der Waals surface area (Å²) in [7, 11) is 0. The van der Waals surface area contributed by atoms with Gasteiger partial charge in [0, 0.05) is 43.7 Å². The smallest absolute Gasteiger partial charge is 0.148 e. The molecule has 322 valence electrons. The molecule has 0 spiro atoms. The van der Waals surface area contributed by atoms with E-state index in [0.29, 0.717) is 22.9 Å². The van der Waals surface area contributed by atoms with Crippen LogP contribution in [-0.4, -0.2) is 19.6 Å². The number of rotatable bonds is 5. The van der Waals surface area contributed by atoms with Gasteiger partial charge in [-0.3, -0.25) is 9.55 Å². The summed E-state index contributed by atoms with van der Waals surface area (Å²) in [4.78, 5) is 10.6. The average molecular weight is 1020 g/mol.